The quantitative estimate of drug-likeness (QED) is 0.724. The first-order chi connectivity index (χ1) is 7.50. The minimum atomic E-state index is 0.0336. The van der Waals surface area contributed by atoms with Crippen LogP contribution in [0.15, 0.2) is 23.1 Å². The first kappa shape index (κ1) is 10.7. The van der Waals surface area contributed by atoms with Crippen molar-refractivity contribution in [3.8, 4) is 11.4 Å². The molecule has 4 heteroatoms. The molecule has 2 aromatic rings. The Hall–Kier alpha value is -1.84. The Bertz CT molecular complexity index is 593. The third kappa shape index (κ3) is 1.56. The maximum Gasteiger partial charge on any atom is 0.253 e. The highest BCUT2D eigenvalue weighted by Gasteiger charge is 2.11. The highest BCUT2D eigenvalue weighted by Crippen LogP contribution is 2.19. The maximum atomic E-state index is 11.9. The standard InChI is InChI=1S/C12H15N3O/c1-8-7-9(2)12(16)15(4)11(8)10-5-6-14(3)13-10/h5-7H,1-4H3. The van der Waals surface area contributed by atoms with Crippen LogP contribution in [0, 0.1) is 13.8 Å². The van der Waals surface area contributed by atoms with Crippen LogP contribution in [0.1, 0.15) is 11.1 Å². The Morgan fingerprint density at radius 2 is 1.88 bits per heavy atom. The normalized spacial score (nSPS) is 10.8. The van der Waals surface area contributed by atoms with Gasteiger partial charge in [-0.05, 0) is 31.5 Å². The highest BCUT2D eigenvalue weighted by molar-refractivity contribution is 5.59. The Morgan fingerprint density at radius 1 is 1.19 bits per heavy atom. The van der Waals surface area contributed by atoms with Gasteiger partial charge >= 0.3 is 0 Å². The average Bonchev–Trinajstić information content (AvgIpc) is 2.61. The summed E-state index contributed by atoms with van der Waals surface area (Å²) in [5, 5.41) is 4.33. The second kappa shape index (κ2) is 3.63. The molecule has 2 aromatic heterocycles. The molecule has 2 heterocycles. The molecule has 0 aliphatic heterocycles. The smallest absolute Gasteiger partial charge is 0.253 e. The van der Waals surface area contributed by atoms with Crippen LogP contribution in [0.25, 0.3) is 11.4 Å². The monoisotopic (exact) mass is 217 g/mol. The van der Waals surface area contributed by atoms with Crippen molar-refractivity contribution >= 4 is 0 Å². The van der Waals surface area contributed by atoms with E-state index in [9.17, 15) is 4.79 Å². The Morgan fingerprint density at radius 3 is 2.44 bits per heavy atom. The molecular weight excluding hydrogens is 202 g/mol. The van der Waals surface area contributed by atoms with E-state index in [0.29, 0.717) is 0 Å². The van der Waals surface area contributed by atoms with Crippen LogP contribution in [0.2, 0.25) is 0 Å². The molecule has 84 valence electrons. The van der Waals surface area contributed by atoms with Gasteiger partial charge in [0.1, 0.15) is 5.69 Å². The van der Waals surface area contributed by atoms with E-state index in [1.54, 1.807) is 16.3 Å². The minimum absolute atomic E-state index is 0.0336. The van der Waals surface area contributed by atoms with Gasteiger partial charge in [-0.2, -0.15) is 5.10 Å². The van der Waals surface area contributed by atoms with Gasteiger partial charge in [-0.25, -0.2) is 0 Å². The van der Waals surface area contributed by atoms with Crippen LogP contribution in [0.4, 0.5) is 0 Å². The molecule has 0 fully saturated rings. The zero-order valence-electron chi connectivity index (χ0n) is 9.98. The summed E-state index contributed by atoms with van der Waals surface area (Å²) in [5.74, 6) is 0. The van der Waals surface area contributed by atoms with Crippen molar-refractivity contribution < 1.29 is 0 Å². The topological polar surface area (TPSA) is 39.8 Å². The molecule has 4 nitrogen and oxygen atoms in total. The number of nitrogens with zero attached hydrogens (tertiary/aromatic N) is 3. The van der Waals surface area contributed by atoms with E-state index < -0.39 is 0 Å². The van der Waals surface area contributed by atoms with E-state index in [4.69, 9.17) is 0 Å². The number of pyridine rings is 1. The summed E-state index contributed by atoms with van der Waals surface area (Å²) in [6.07, 6.45) is 1.87. The van der Waals surface area contributed by atoms with Crippen LogP contribution >= 0.6 is 0 Å². The van der Waals surface area contributed by atoms with Gasteiger partial charge in [-0.15, -0.1) is 0 Å². The lowest BCUT2D eigenvalue weighted by atomic mass is 10.1. The third-order valence-electron chi connectivity index (χ3n) is 2.74. The SMILES string of the molecule is Cc1cc(C)c(=O)n(C)c1-c1ccn(C)n1. The van der Waals surface area contributed by atoms with Crippen molar-refractivity contribution in [2.24, 2.45) is 14.1 Å². The van der Waals surface area contributed by atoms with Crippen molar-refractivity contribution in [3.63, 3.8) is 0 Å². The molecule has 0 aliphatic carbocycles. The average molecular weight is 217 g/mol. The van der Waals surface area contributed by atoms with Crippen LogP contribution in [0.5, 0.6) is 0 Å². The van der Waals surface area contributed by atoms with Crippen LogP contribution in [0.3, 0.4) is 0 Å². The van der Waals surface area contributed by atoms with E-state index in [-0.39, 0.29) is 5.56 Å². The van der Waals surface area contributed by atoms with Crippen LogP contribution in [-0.2, 0) is 14.1 Å². The zero-order valence-corrected chi connectivity index (χ0v) is 9.98. The molecule has 16 heavy (non-hydrogen) atoms. The van der Waals surface area contributed by atoms with Gasteiger partial charge in [0.2, 0.25) is 0 Å². The lowest BCUT2D eigenvalue weighted by Gasteiger charge is -2.10. The summed E-state index contributed by atoms with van der Waals surface area (Å²) in [5.41, 5.74) is 3.58. The summed E-state index contributed by atoms with van der Waals surface area (Å²) >= 11 is 0. The van der Waals surface area contributed by atoms with Crippen LogP contribution < -0.4 is 5.56 Å². The van der Waals surface area contributed by atoms with Gasteiger partial charge in [-0.3, -0.25) is 9.48 Å². The summed E-state index contributed by atoms with van der Waals surface area (Å²) in [6, 6.07) is 3.82. The van der Waals surface area contributed by atoms with E-state index in [1.807, 2.05) is 39.2 Å². The van der Waals surface area contributed by atoms with Gasteiger partial charge in [0.25, 0.3) is 5.56 Å². The predicted molar refractivity (Wildman–Crippen MR) is 63.4 cm³/mol. The number of rotatable bonds is 1. The van der Waals surface area contributed by atoms with E-state index >= 15 is 0 Å². The number of aryl methyl sites for hydroxylation is 3. The van der Waals surface area contributed by atoms with Crippen molar-refractivity contribution in [2.75, 3.05) is 0 Å². The second-order valence-electron chi connectivity index (χ2n) is 4.10. The molecule has 0 saturated carbocycles. The zero-order chi connectivity index (χ0) is 11.9. The van der Waals surface area contributed by atoms with Crippen molar-refractivity contribution in [1.29, 1.82) is 0 Å². The molecular formula is C12H15N3O. The molecule has 0 radical (unpaired) electrons. The summed E-state index contributed by atoms with van der Waals surface area (Å²) in [4.78, 5) is 11.9. The lowest BCUT2D eigenvalue weighted by molar-refractivity contribution is 0.762. The van der Waals surface area contributed by atoms with Gasteiger partial charge in [0.05, 0.1) is 5.69 Å². The highest BCUT2D eigenvalue weighted by atomic mass is 16.1. The molecule has 0 atom stereocenters. The Labute approximate surface area is 94.1 Å². The predicted octanol–water partition coefficient (Wildman–Crippen LogP) is 1.40. The third-order valence-corrected chi connectivity index (χ3v) is 2.74. The van der Waals surface area contributed by atoms with Gasteiger partial charge in [0.15, 0.2) is 0 Å². The van der Waals surface area contributed by atoms with Gasteiger partial charge in [0, 0.05) is 25.9 Å². The van der Waals surface area contributed by atoms with E-state index in [1.165, 1.54) is 0 Å². The fraction of sp³-hybridized carbons (Fsp3) is 0.333. The Balaban J connectivity index is 2.75. The van der Waals surface area contributed by atoms with E-state index in [2.05, 4.69) is 5.10 Å². The van der Waals surface area contributed by atoms with E-state index in [0.717, 1.165) is 22.5 Å². The maximum absolute atomic E-state index is 11.9. The molecule has 0 aromatic carbocycles. The first-order valence-corrected chi connectivity index (χ1v) is 5.18. The van der Waals surface area contributed by atoms with Crippen molar-refractivity contribution in [2.45, 2.75) is 13.8 Å². The number of hydrogen-bond donors (Lipinski definition) is 0. The molecule has 0 aliphatic rings. The summed E-state index contributed by atoms with van der Waals surface area (Å²) < 4.78 is 3.39. The molecule has 0 amide bonds. The summed E-state index contributed by atoms with van der Waals surface area (Å²) in [6.45, 7) is 3.83. The van der Waals surface area contributed by atoms with Crippen molar-refractivity contribution in [1.82, 2.24) is 14.3 Å². The summed E-state index contributed by atoms with van der Waals surface area (Å²) in [7, 11) is 3.65. The molecule has 0 spiro atoms. The number of hydrogen-bond acceptors (Lipinski definition) is 2. The molecule has 0 saturated heterocycles. The first-order valence-electron chi connectivity index (χ1n) is 5.18. The minimum Gasteiger partial charge on any atom is -0.309 e. The Kier molecular flexibility index (Phi) is 2.42. The van der Waals surface area contributed by atoms with Gasteiger partial charge in [-0.1, -0.05) is 0 Å². The molecule has 0 bridgehead atoms. The second-order valence-corrected chi connectivity index (χ2v) is 4.10. The molecule has 0 N–H and O–H groups in total. The lowest BCUT2D eigenvalue weighted by Crippen LogP contribution is -2.21. The van der Waals surface area contributed by atoms with Gasteiger partial charge < -0.3 is 4.57 Å². The fourth-order valence-corrected chi connectivity index (χ4v) is 2.00. The van der Waals surface area contributed by atoms with Crippen molar-refractivity contribution in [3.05, 3.63) is 39.8 Å². The largest absolute Gasteiger partial charge is 0.309 e. The number of aromatic nitrogens is 3. The van der Waals surface area contributed by atoms with Crippen LogP contribution in [-0.4, -0.2) is 14.3 Å². The molecule has 2 rings (SSSR count). The fourth-order valence-electron chi connectivity index (χ4n) is 2.00. The molecule has 0 unspecified atom stereocenters.